The maximum absolute atomic E-state index is 12.2. The third-order valence-corrected chi connectivity index (χ3v) is 5.58. The topological polar surface area (TPSA) is 73.5 Å². The average Bonchev–Trinajstić information content (AvgIpc) is 3.44. The van der Waals surface area contributed by atoms with E-state index >= 15 is 0 Å². The smallest absolute Gasteiger partial charge is 0.315 e. The molecule has 1 aliphatic heterocycles. The number of nitrogens with zero attached hydrogens (tertiary/aromatic N) is 1. The summed E-state index contributed by atoms with van der Waals surface area (Å²) in [5.74, 6) is 0.936. The fourth-order valence-electron chi connectivity index (χ4n) is 3.74. The van der Waals surface area contributed by atoms with Crippen LogP contribution in [-0.2, 0) is 4.79 Å². The Labute approximate surface area is 145 Å². The van der Waals surface area contributed by atoms with E-state index in [1.54, 1.807) is 0 Å². The second-order valence-corrected chi connectivity index (χ2v) is 7.67. The molecule has 136 valence electrons. The number of likely N-dealkylation sites (tertiary alicyclic amines) is 1. The van der Waals surface area contributed by atoms with Crippen molar-refractivity contribution < 1.29 is 9.59 Å². The van der Waals surface area contributed by atoms with Gasteiger partial charge in [-0.15, -0.1) is 0 Å². The van der Waals surface area contributed by atoms with Crippen LogP contribution in [0.4, 0.5) is 4.79 Å². The molecule has 3 N–H and O–H groups in total. The van der Waals surface area contributed by atoms with Crippen LogP contribution in [0.1, 0.15) is 57.8 Å². The number of piperidine rings is 1. The van der Waals surface area contributed by atoms with Crippen molar-refractivity contribution in [3.05, 3.63) is 0 Å². The number of nitrogens with one attached hydrogen (secondary N) is 3. The van der Waals surface area contributed by atoms with Gasteiger partial charge in [-0.05, 0) is 51.0 Å². The molecule has 1 saturated heterocycles. The molecule has 6 nitrogen and oxygen atoms in total. The highest BCUT2D eigenvalue weighted by atomic mass is 16.2. The highest BCUT2D eigenvalue weighted by Gasteiger charge is 2.26. The zero-order valence-corrected chi connectivity index (χ0v) is 14.7. The number of hydrogen-bond donors (Lipinski definition) is 3. The van der Waals surface area contributed by atoms with E-state index in [1.165, 1.54) is 32.1 Å². The number of urea groups is 1. The molecular formula is C18H32N4O2. The van der Waals surface area contributed by atoms with E-state index in [0.29, 0.717) is 6.04 Å². The van der Waals surface area contributed by atoms with Crippen molar-refractivity contribution in [3.8, 4) is 0 Å². The Morgan fingerprint density at radius 3 is 2.25 bits per heavy atom. The summed E-state index contributed by atoms with van der Waals surface area (Å²) in [7, 11) is 0. The Kier molecular flexibility index (Phi) is 6.35. The van der Waals surface area contributed by atoms with Crippen molar-refractivity contribution in [1.29, 1.82) is 0 Å². The first-order valence-corrected chi connectivity index (χ1v) is 9.76. The van der Waals surface area contributed by atoms with Gasteiger partial charge in [0.1, 0.15) is 0 Å². The van der Waals surface area contributed by atoms with Crippen LogP contribution in [0, 0.1) is 5.92 Å². The summed E-state index contributed by atoms with van der Waals surface area (Å²) < 4.78 is 0. The molecule has 2 saturated carbocycles. The molecule has 3 amide bonds. The van der Waals surface area contributed by atoms with Crippen LogP contribution in [0.3, 0.4) is 0 Å². The summed E-state index contributed by atoms with van der Waals surface area (Å²) in [6.07, 6.45) is 10.5. The highest BCUT2D eigenvalue weighted by Crippen LogP contribution is 2.28. The van der Waals surface area contributed by atoms with Gasteiger partial charge in [-0.2, -0.15) is 0 Å². The first-order chi connectivity index (χ1) is 11.7. The number of rotatable bonds is 6. The molecule has 3 aliphatic rings. The number of carbonyl (C=O) groups excluding carboxylic acids is 2. The molecule has 0 aromatic carbocycles. The molecular weight excluding hydrogens is 304 g/mol. The van der Waals surface area contributed by atoms with Crippen molar-refractivity contribution in [2.45, 2.75) is 69.9 Å². The number of carbonyl (C=O) groups is 2. The summed E-state index contributed by atoms with van der Waals surface area (Å²) in [5.41, 5.74) is 0. The van der Waals surface area contributed by atoms with Crippen LogP contribution in [-0.4, -0.2) is 55.1 Å². The van der Waals surface area contributed by atoms with Gasteiger partial charge in [-0.25, -0.2) is 4.79 Å². The third kappa shape index (κ3) is 5.65. The lowest BCUT2D eigenvalue weighted by molar-refractivity contribution is -0.131. The fourth-order valence-corrected chi connectivity index (χ4v) is 3.74. The van der Waals surface area contributed by atoms with Crippen molar-refractivity contribution in [3.63, 3.8) is 0 Å². The summed E-state index contributed by atoms with van der Waals surface area (Å²) >= 11 is 0. The van der Waals surface area contributed by atoms with Gasteiger partial charge < -0.3 is 20.9 Å². The van der Waals surface area contributed by atoms with Crippen LogP contribution in [0.5, 0.6) is 0 Å². The molecule has 2 aliphatic carbocycles. The van der Waals surface area contributed by atoms with E-state index in [2.05, 4.69) is 16.0 Å². The first kappa shape index (κ1) is 17.5. The maximum Gasteiger partial charge on any atom is 0.315 e. The van der Waals surface area contributed by atoms with Gasteiger partial charge in [0.25, 0.3) is 0 Å². The standard InChI is InChI=1S/C18H32N4O2/c23-17(13-20-18(24)21-16-4-2-1-3-5-16)22-10-8-15(9-11-22)19-12-14-6-7-14/h14-16,19H,1-13H2,(H2,20,21,24). The van der Waals surface area contributed by atoms with Crippen molar-refractivity contribution in [2.75, 3.05) is 26.2 Å². The minimum absolute atomic E-state index is 0.0365. The lowest BCUT2D eigenvalue weighted by atomic mass is 9.96. The predicted molar refractivity (Wildman–Crippen MR) is 93.7 cm³/mol. The lowest BCUT2D eigenvalue weighted by Gasteiger charge is -2.32. The zero-order valence-electron chi connectivity index (χ0n) is 14.7. The lowest BCUT2D eigenvalue weighted by Crippen LogP contribution is -2.50. The summed E-state index contributed by atoms with van der Waals surface area (Å²) in [4.78, 5) is 26.0. The molecule has 0 atom stereocenters. The van der Waals surface area contributed by atoms with Crippen LogP contribution >= 0.6 is 0 Å². The highest BCUT2D eigenvalue weighted by molar-refractivity contribution is 5.84. The fraction of sp³-hybridized carbons (Fsp3) is 0.889. The Hall–Kier alpha value is -1.30. The molecule has 0 spiro atoms. The van der Waals surface area contributed by atoms with E-state index < -0.39 is 0 Å². The quantitative estimate of drug-likeness (QED) is 0.690. The summed E-state index contributed by atoms with van der Waals surface area (Å²) in [6.45, 7) is 2.85. The van der Waals surface area contributed by atoms with Crippen LogP contribution in [0.2, 0.25) is 0 Å². The largest absolute Gasteiger partial charge is 0.341 e. The van der Waals surface area contributed by atoms with E-state index in [9.17, 15) is 9.59 Å². The minimum atomic E-state index is -0.198. The maximum atomic E-state index is 12.2. The predicted octanol–water partition coefficient (Wildman–Crippen LogP) is 1.61. The second-order valence-electron chi connectivity index (χ2n) is 7.67. The van der Waals surface area contributed by atoms with E-state index in [4.69, 9.17) is 0 Å². The van der Waals surface area contributed by atoms with Crippen LogP contribution in [0.25, 0.3) is 0 Å². The van der Waals surface area contributed by atoms with Gasteiger partial charge in [0.05, 0.1) is 6.54 Å². The molecule has 0 bridgehead atoms. The first-order valence-electron chi connectivity index (χ1n) is 9.76. The molecule has 6 heteroatoms. The Morgan fingerprint density at radius 1 is 0.875 bits per heavy atom. The monoisotopic (exact) mass is 336 g/mol. The van der Waals surface area contributed by atoms with Crippen LogP contribution < -0.4 is 16.0 Å². The molecule has 3 rings (SSSR count). The van der Waals surface area contributed by atoms with Crippen molar-refractivity contribution in [2.24, 2.45) is 5.92 Å². The van der Waals surface area contributed by atoms with Gasteiger partial charge >= 0.3 is 6.03 Å². The normalized spacial score (nSPS) is 23.1. The molecule has 1 heterocycles. The molecule has 3 fully saturated rings. The van der Waals surface area contributed by atoms with Crippen molar-refractivity contribution in [1.82, 2.24) is 20.9 Å². The molecule has 24 heavy (non-hydrogen) atoms. The van der Waals surface area contributed by atoms with Gasteiger partial charge in [0.2, 0.25) is 5.91 Å². The average molecular weight is 336 g/mol. The SMILES string of the molecule is O=C(NCC(=O)N1CCC(NCC2CC2)CC1)NC1CCCCC1. The van der Waals surface area contributed by atoms with Gasteiger partial charge in [0.15, 0.2) is 0 Å². The Bertz CT molecular complexity index is 425. The third-order valence-electron chi connectivity index (χ3n) is 5.58. The number of hydrogen-bond acceptors (Lipinski definition) is 3. The molecule has 0 radical (unpaired) electrons. The number of amides is 3. The van der Waals surface area contributed by atoms with Gasteiger partial charge in [-0.1, -0.05) is 19.3 Å². The van der Waals surface area contributed by atoms with Crippen molar-refractivity contribution >= 4 is 11.9 Å². The van der Waals surface area contributed by atoms with Crippen LogP contribution in [0.15, 0.2) is 0 Å². The van der Waals surface area contributed by atoms with E-state index in [-0.39, 0.29) is 24.5 Å². The van der Waals surface area contributed by atoms with E-state index in [0.717, 1.165) is 51.2 Å². The summed E-state index contributed by atoms with van der Waals surface area (Å²) in [6, 6.07) is 0.635. The second kappa shape index (κ2) is 8.70. The Morgan fingerprint density at radius 2 is 1.58 bits per heavy atom. The molecule has 0 aromatic rings. The van der Waals surface area contributed by atoms with E-state index in [1.807, 2.05) is 4.90 Å². The minimum Gasteiger partial charge on any atom is -0.341 e. The summed E-state index contributed by atoms with van der Waals surface area (Å²) in [5, 5.41) is 9.34. The zero-order chi connectivity index (χ0) is 16.8. The Balaban J connectivity index is 1.28. The molecule has 0 aromatic heterocycles. The van der Waals surface area contributed by atoms with Gasteiger partial charge in [-0.3, -0.25) is 4.79 Å². The van der Waals surface area contributed by atoms with Gasteiger partial charge in [0, 0.05) is 25.2 Å². The molecule has 0 unspecified atom stereocenters.